The summed E-state index contributed by atoms with van der Waals surface area (Å²) in [6.07, 6.45) is 0. The smallest absolute Gasteiger partial charge is 0.341 e. The Hall–Kier alpha value is -3.15. The lowest BCUT2D eigenvalue weighted by molar-refractivity contribution is -0.386. The van der Waals surface area contributed by atoms with Crippen LogP contribution in [0.5, 0.6) is 11.5 Å². The van der Waals surface area contributed by atoms with Gasteiger partial charge in [-0.15, -0.1) is 0 Å². The van der Waals surface area contributed by atoms with E-state index in [1.165, 1.54) is 25.1 Å². The zero-order valence-electron chi connectivity index (χ0n) is 13.0. The molecule has 2 aromatic carbocycles. The fourth-order valence-corrected chi connectivity index (χ4v) is 2.78. The Bertz CT molecular complexity index is 993. The van der Waals surface area contributed by atoms with E-state index in [1.807, 2.05) is 0 Å². The van der Waals surface area contributed by atoms with E-state index in [9.17, 15) is 37.4 Å². The predicted molar refractivity (Wildman–Crippen MR) is 84.2 cm³/mol. The summed E-state index contributed by atoms with van der Waals surface area (Å²) in [6.45, 7) is 1.36. The van der Waals surface area contributed by atoms with Gasteiger partial charge >= 0.3 is 11.4 Å². The van der Waals surface area contributed by atoms with E-state index in [1.54, 1.807) is 0 Å². The second kappa shape index (κ2) is 7.00. The zero-order chi connectivity index (χ0) is 19.6. The molecule has 0 spiro atoms. The van der Waals surface area contributed by atoms with Gasteiger partial charge in [0.15, 0.2) is 0 Å². The molecule has 0 aliphatic heterocycles. The topological polar surface area (TPSA) is 130 Å². The molecule has 26 heavy (non-hydrogen) atoms. The molecule has 0 unspecified atom stereocenters. The van der Waals surface area contributed by atoms with Crippen LogP contribution in [0.2, 0.25) is 0 Å². The van der Waals surface area contributed by atoms with E-state index in [-0.39, 0.29) is 17.0 Å². The Morgan fingerprint density at radius 1 is 1.00 bits per heavy atom. The van der Waals surface area contributed by atoms with Crippen molar-refractivity contribution in [1.29, 1.82) is 0 Å². The highest BCUT2D eigenvalue weighted by Gasteiger charge is 2.30. The van der Waals surface area contributed by atoms with Gasteiger partial charge in [-0.3, -0.25) is 20.2 Å². The number of nitrogens with zero attached hydrogens (tertiary/aromatic N) is 2. The average molecular weight is 388 g/mol. The molecule has 0 heterocycles. The van der Waals surface area contributed by atoms with Crippen molar-refractivity contribution in [3.8, 4) is 11.5 Å². The Kier molecular flexibility index (Phi) is 5.16. The van der Waals surface area contributed by atoms with Crippen LogP contribution in [0.25, 0.3) is 0 Å². The zero-order valence-corrected chi connectivity index (χ0v) is 13.8. The van der Waals surface area contributed by atoms with Gasteiger partial charge in [0.05, 0.1) is 20.3 Å². The minimum absolute atomic E-state index is 0.0771. The molecule has 0 aliphatic rings. The van der Waals surface area contributed by atoms with E-state index >= 15 is 0 Å². The number of sulfone groups is 1. The summed E-state index contributed by atoms with van der Waals surface area (Å²) in [5, 5.41) is 22.1. The molecule has 0 fully saturated rings. The Morgan fingerprint density at radius 3 is 2.15 bits per heavy atom. The quantitative estimate of drug-likeness (QED) is 0.546. The summed E-state index contributed by atoms with van der Waals surface area (Å²) in [6, 6.07) is 5.83. The second-order valence-electron chi connectivity index (χ2n) is 4.95. The second-order valence-corrected chi connectivity index (χ2v) is 6.87. The lowest BCUT2D eigenvalue weighted by Gasteiger charge is -2.10. The molecule has 138 valence electrons. The molecule has 2 aromatic rings. The summed E-state index contributed by atoms with van der Waals surface area (Å²) >= 11 is 0. The first kappa shape index (κ1) is 19.2. The van der Waals surface area contributed by atoms with Crippen LogP contribution in [0.1, 0.15) is 5.56 Å². The van der Waals surface area contributed by atoms with Crippen LogP contribution in [0, 0.1) is 27.2 Å². The molecular weight excluding hydrogens is 378 g/mol. The molecule has 0 N–H and O–H groups in total. The number of ether oxygens (including phenoxy) is 1. The first-order valence-corrected chi connectivity index (χ1v) is 8.32. The molecule has 0 saturated heterocycles. The molecule has 12 heteroatoms. The number of rotatable bonds is 6. The molecule has 0 aliphatic carbocycles. The van der Waals surface area contributed by atoms with Crippen LogP contribution in [-0.2, 0) is 9.84 Å². The van der Waals surface area contributed by atoms with Gasteiger partial charge in [0.1, 0.15) is 5.75 Å². The minimum atomic E-state index is -5.03. The van der Waals surface area contributed by atoms with Gasteiger partial charge < -0.3 is 4.74 Å². The number of hydrogen-bond acceptors (Lipinski definition) is 7. The van der Waals surface area contributed by atoms with Gasteiger partial charge in [-0.05, 0) is 25.1 Å². The third-order valence-corrected chi connectivity index (χ3v) is 4.74. The Labute approximate surface area is 145 Å². The number of alkyl halides is 2. The van der Waals surface area contributed by atoms with Crippen LogP contribution in [0.3, 0.4) is 0 Å². The highest BCUT2D eigenvalue weighted by molar-refractivity contribution is 7.91. The third kappa shape index (κ3) is 3.59. The van der Waals surface area contributed by atoms with E-state index in [4.69, 9.17) is 4.74 Å². The molecule has 2 rings (SSSR count). The number of hydrogen-bond donors (Lipinski definition) is 0. The fourth-order valence-electron chi connectivity index (χ4n) is 2.04. The van der Waals surface area contributed by atoms with Gasteiger partial charge in [0.2, 0.25) is 15.6 Å². The third-order valence-electron chi connectivity index (χ3n) is 3.36. The first-order chi connectivity index (χ1) is 12.1. The summed E-state index contributed by atoms with van der Waals surface area (Å²) < 4.78 is 53.4. The van der Waals surface area contributed by atoms with Crippen LogP contribution in [0.4, 0.5) is 20.2 Å². The van der Waals surface area contributed by atoms with Crippen molar-refractivity contribution in [2.75, 3.05) is 0 Å². The van der Waals surface area contributed by atoms with Crippen molar-refractivity contribution in [2.45, 2.75) is 17.6 Å². The van der Waals surface area contributed by atoms with Crippen LogP contribution in [-0.4, -0.2) is 24.0 Å². The van der Waals surface area contributed by atoms with Crippen molar-refractivity contribution in [2.24, 2.45) is 0 Å². The predicted octanol–water partition coefficient (Wildman–Crippen LogP) is 3.60. The lowest BCUT2D eigenvalue weighted by atomic mass is 10.2. The average Bonchev–Trinajstić information content (AvgIpc) is 2.56. The van der Waals surface area contributed by atoms with Crippen LogP contribution < -0.4 is 4.74 Å². The molecule has 9 nitrogen and oxygen atoms in total. The van der Waals surface area contributed by atoms with Gasteiger partial charge in [-0.25, -0.2) is 8.42 Å². The van der Waals surface area contributed by atoms with Crippen LogP contribution in [0.15, 0.2) is 41.3 Å². The van der Waals surface area contributed by atoms with E-state index < -0.39 is 41.8 Å². The maximum atomic E-state index is 12.6. The van der Waals surface area contributed by atoms with Gasteiger partial charge in [-0.1, -0.05) is 6.07 Å². The molecule has 0 saturated carbocycles. The summed E-state index contributed by atoms with van der Waals surface area (Å²) in [5.41, 5.74) is -1.09. The van der Waals surface area contributed by atoms with Crippen molar-refractivity contribution < 1.29 is 31.8 Å². The normalized spacial score (nSPS) is 11.4. The molecule has 0 radical (unpaired) electrons. The minimum Gasteiger partial charge on any atom is -0.450 e. The summed E-state index contributed by atoms with van der Waals surface area (Å²) in [7, 11) is -5.03. The van der Waals surface area contributed by atoms with Gasteiger partial charge in [-0.2, -0.15) is 8.78 Å². The van der Waals surface area contributed by atoms with Crippen molar-refractivity contribution in [1.82, 2.24) is 0 Å². The van der Waals surface area contributed by atoms with Gasteiger partial charge in [0, 0.05) is 12.1 Å². The summed E-state index contributed by atoms with van der Waals surface area (Å²) in [4.78, 5) is 19.5. The Morgan fingerprint density at radius 2 is 1.62 bits per heavy atom. The summed E-state index contributed by atoms with van der Waals surface area (Å²) in [5.74, 6) is -4.27. The number of halogens is 2. The number of nitro benzene ring substituents is 2. The largest absolute Gasteiger partial charge is 0.450 e. The van der Waals surface area contributed by atoms with Crippen molar-refractivity contribution in [3.05, 3.63) is 62.2 Å². The lowest BCUT2D eigenvalue weighted by Crippen LogP contribution is -2.11. The maximum Gasteiger partial charge on any atom is 0.341 e. The number of benzene rings is 2. The van der Waals surface area contributed by atoms with Crippen molar-refractivity contribution >= 4 is 21.2 Å². The van der Waals surface area contributed by atoms with Crippen molar-refractivity contribution in [3.63, 3.8) is 0 Å². The van der Waals surface area contributed by atoms with E-state index in [0.717, 1.165) is 12.1 Å². The molecule has 0 atom stereocenters. The highest BCUT2D eigenvalue weighted by Crippen LogP contribution is 2.37. The molecule has 0 bridgehead atoms. The first-order valence-electron chi connectivity index (χ1n) is 6.78. The molecule has 0 amide bonds. The maximum absolute atomic E-state index is 12.6. The SMILES string of the molecule is Cc1c(Oc2ccc(S(=O)(=O)C(F)F)cc2[N+](=O)[O-])cccc1[N+](=O)[O-]. The Balaban J connectivity index is 2.54. The van der Waals surface area contributed by atoms with E-state index in [2.05, 4.69) is 0 Å². The monoisotopic (exact) mass is 388 g/mol. The van der Waals surface area contributed by atoms with Crippen LogP contribution >= 0.6 is 0 Å². The number of nitro groups is 2. The molecule has 0 aromatic heterocycles. The van der Waals surface area contributed by atoms with Gasteiger partial charge in [0.25, 0.3) is 5.69 Å². The fraction of sp³-hybridized carbons (Fsp3) is 0.143. The van der Waals surface area contributed by atoms with E-state index in [0.29, 0.717) is 6.07 Å². The molecular formula is C14H10F2N2O7S. The highest BCUT2D eigenvalue weighted by atomic mass is 32.2. The standard InChI is InChI=1S/C14H10F2N2O7S/c1-8-10(17(19)20)3-2-4-12(8)25-13-6-5-9(7-11(13)18(21)22)26(23,24)14(15)16/h2-7,14H,1H3.